The van der Waals surface area contributed by atoms with Crippen LogP contribution in [0.4, 0.5) is 0 Å². The molecule has 0 spiro atoms. The number of nitrogens with zero attached hydrogens (tertiary/aromatic N) is 3. The molecule has 0 fully saturated rings. The van der Waals surface area contributed by atoms with Gasteiger partial charge >= 0.3 is 0 Å². The van der Waals surface area contributed by atoms with Gasteiger partial charge in [-0.1, -0.05) is 60.7 Å². The fourth-order valence-electron chi connectivity index (χ4n) is 4.04. The van der Waals surface area contributed by atoms with Gasteiger partial charge in [-0.25, -0.2) is 4.98 Å². The quantitative estimate of drug-likeness (QED) is 0.314. The highest BCUT2D eigenvalue weighted by molar-refractivity contribution is 5.84. The molecule has 0 saturated carbocycles. The standard InChI is InChI=1S/C29H21N3O4/c33-29-23-11-5-6-12-24(23)31-28(21-8-2-1-3-9-21)32(29)30-17-22-10-4-7-13-25(22)34-18-20-14-15-26-27(16-20)36-19-35-26/h1-17H,18-19H2. The maximum Gasteiger partial charge on any atom is 0.282 e. The number of ether oxygens (including phenoxy) is 3. The summed E-state index contributed by atoms with van der Waals surface area (Å²) in [6.45, 7) is 0.571. The van der Waals surface area contributed by atoms with Crippen LogP contribution >= 0.6 is 0 Å². The predicted molar refractivity (Wildman–Crippen MR) is 138 cm³/mol. The molecule has 5 aromatic rings. The number of aromatic nitrogens is 2. The lowest BCUT2D eigenvalue weighted by molar-refractivity contribution is 0.174. The third-order valence-electron chi connectivity index (χ3n) is 5.85. The maximum atomic E-state index is 13.4. The molecule has 4 aromatic carbocycles. The van der Waals surface area contributed by atoms with Crippen molar-refractivity contribution in [1.82, 2.24) is 9.66 Å². The van der Waals surface area contributed by atoms with E-state index in [-0.39, 0.29) is 12.4 Å². The molecule has 2 heterocycles. The summed E-state index contributed by atoms with van der Waals surface area (Å²) >= 11 is 0. The van der Waals surface area contributed by atoms with E-state index in [2.05, 4.69) is 5.10 Å². The fourth-order valence-corrected chi connectivity index (χ4v) is 4.04. The van der Waals surface area contributed by atoms with Gasteiger partial charge in [-0.3, -0.25) is 4.79 Å². The molecule has 1 aromatic heterocycles. The lowest BCUT2D eigenvalue weighted by Crippen LogP contribution is -2.20. The Kier molecular flexibility index (Phi) is 5.63. The van der Waals surface area contributed by atoms with Crippen LogP contribution in [0.3, 0.4) is 0 Å². The average Bonchev–Trinajstić information content (AvgIpc) is 3.40. The average molecular weight is 476 g/mol. The first-order valence-corrected chi connectivity index (χ1v) is 11.5. The minimum atomic E-state index is -0.241. The van der Waals surface area contributed by atoms with Crippen LogP contribution in [0.1, 0.15) is 11.1 Å². The number of fused-ring (bicyclic) bond motifs is 2. The van der Waals surface area contributed by atoms with Gasteiger partial charge in [0.25, 0.3) is 5.56 Å². The Bertz CT molecular complexity index is 1640. The van der Waals surface area contributed by atoms with Crippen molar-refractivity contribution in [1.29, 1.82) is 0 Å². The van der Waals surface area contributed by atoms with Gasteiger partial charge in [0.15, 0.2) is 17.3 Å². The van der Waals surface area contributed by atoms with E-state index in [1.165, 1.54) is 4.68 Å². The third-order valence-corrected chi connectivity index (χ3v) is 5.85. The van der Waals surface area contributed by atoms with E-state index in [0.29, 0.717) is 34.8 Å². The van der Waals surface area contributed by atoms with E-state index < -0.39 is 0 Å². The molecule has 176 valence electrons. The number of hydrogen-bond donors (Lipinski definition) is 0. The van der Waals surface area contributed by atoms with Crippen LogP contribution in [0.5, 0.6) is 17.2 Å². The van der Waals surface area contributed by atoms with Gasteiger partial charge < -0.3 is 14.2 Å². The zero-order chi connectivity index (χ0) is 24.3. The molecular weight excluding hydrogens is 454 g/mol. The van der Waals surface area contributed by atoms with E-state index in [1.54, 1.807) is 12.3 Å². The summed E-state index contributed by atoms with van der Waals surface area (Å²) in [7, 11) is 0. The molecule has 36 heavy (non-hydrogen) atoms. The molecule has 0 amide bonds. The Morgan fingerprint density at radius 2 is 1.67 bits per heavy atom. The lowest BCUT2D eigenvalue weighted by Gasteiger charge is -2.11. The monoisotopic (exact) mass is 475 g/mol. The van der Waals surface area contributed by atoms with Crippen LogP contribution in [0, 0.1) is 0 Å². The first-order valence-electron chi connectivity index (χ1n) is 11.5. The first-order chi connectivity index (χ1) is 17.8. The maximum absolute atomic E-state index is 13.4. The molecule has 1 aliphatic rings. The zero-order valence-electron chi connectivity index (χ0n) is 19.2. The first kappa shape index (κ1) is 21.6. The highest BCUT2D eigenvalue weighted by atomic mass is 16.7. The van der Waals surface area contributed by atoms with Crippen molar-refractivity contribution in [2.24, 2.45) is 5.10 Å². The third kappa shape index (κ3) is 4.18. The molecule has 0 unspecified atom stereocenters. The van der Waals surface area contributed by atoms with E-state index >= 15 is 0 Å². The molecule has 0 aliphatic carbocycles. The number of para-hydroxylation sites is 2. The second kappa shape index (κ2) is 9.38. The summed E-state index contributed by atoms with van der Waals surface area (Å²) in [5.41, 5.74) is 2.86. The Balaban J connectivity index is 1.34. The smallest absolute Gasteiger partial charge is 0.282 e. The second-order valence-corrected chi connectivity index (χ2v) is 8.19. The van der Waals surface area contributed by atoms with Crippen molar-refractivity contribution in [2.75, 3.05) is 6.79 Å². The van der Waals surface area contributed by atoms with Crippen LogP contribution in [-0.2, 0) is 6.61 Å². The van der Waals surface area contributed by atoms with Crippen molar-refractivity contribution in [3.05, 3.63) is 119 Å². The van der Waals surface area contributed by atoms with Gasteiger partial charge in [0, 0.05) is 11.1 Å². The Morgan fingerprint density at radius 1 is 0.889 bits per heavy atom. The molecule has 6 rings (SSSR count). The SMILES string of the molecule is O=c1c2ccccc2nc(-c2ccccc2)n1N=Cc1ccccc1OCc1ccc2c(c1)OCO2. The van der Waals surface area contributed by atoms with E-state index in [1.807, 2.05) is 91.0 Å². The van der Waals surface area contributed by atoms with Crippen LogP contribution in [-0.4, -0.2) is 22.7 Å². The lowest BCUT2D eigenvalue weighted by atomic mass is 10.2. The van der Waals surface area contributed by atoms with Gasteiger partial charge in [0.1, 0.15) is 12.4 Å². The Morgan fingerprint density at radius 3 is 2.58 bits per heavy atom. The Labute approximate surface area is 206 Å². The normalized spacial score (nSPS) is 12.3. The van der Waals surface area contributed by atoms with Crippen molar-refractivity contribution < 1.29 is 14.2 Å². The molecule has 0 radical (unpaired) electrons. The van der Waals surface area contributed by atoms with Crippen LogP contribution in [0.15, 0.2) is 107 Å². The Hall–Kier alpha value is -4.91. The van der Waals surface area contributed by atoms with Crippen LogP contribution in [0.2, 0.25) is 0 Å². The summed E-state index contributed by atoms with van der Waals surface area (Å²) in [5, 5.41) is 5.07. The van der Waals surface area contributed by atoms with Gasteiger partial charge in [0.05, 0.1) is 17.1 Å². The molecule has 0 N–H and O–H groups in total. The second-order valence-electron chi connectivity index (χ2n) is 8.19. The van der Waals surface area contributed by atoms with Gasteiger partial charge in [-0.05, 0) is 42.0 Å². The molecule has 0 saturated heterocycles. The number of rotatable bonds is 6. The molecule has 7 nitrogen and oxygen atoms in total. The topological polar surface area (TPSA) is 74.9 Å². The summed E-state index contributed by atoms with van der Waals surface area (Å²) in [6.07, 6.45) is 1.62. The number of hydrogen-bond acceptors (Lipinski definition) is 6. The minimum Gasteiger partial charge on any atom is -0.488 e. The predicted octanol–water partition coefficient (Wildman–Crippen LogP) is 5.25. The van der Waals surface area contributed by atoms with E-state index in [4.69, 9.17) is 19.2 Å². The van der Waals surface area contributed by atoms with Crippen molar-refractivity contribution >= 4 is 17.1 Å². The van der Waals surface area contributed by atoms with Gasteiger partial charge in [-0.15, -0.1) is 0 Å². The van der Waals surface area contributed by atoms with E-state index in [9.17, 15) is 4.79 Å². The molecule has 7 heteroatoms. The van der Waals surface area contributed by atoms with Crippen molar-refractivity contribution in [3.63, 3.8) is 0 Å². The van der Waals surface area contributed by atoms with Crippen molar-refractivity contribution in [2.45, 2.75) is 6.61 Å². The summed E-state index contributed by atoms with van der Waals surface area (Å²) in [6, 6.07) is 30.1. The van der Waals surface area contributed by atoms with Crippen LogP contribution < -0.4 is 19.8 Å². The summed E-state index contributed by atoms with van der Waals surface area (Å²) in [5.74, 6) is 2.55. The van der Waals surface area contributed by atoms with Gasteiger partial charge in [-0.2, -0.15) is 9.78 Å². The molecular formula is C29H21N3O4. The van der Waals surface area contributed by atoms with E-state index in [0.717, 1.165) is 22.4 Å². The highest BCUT2D eigenvalue weighted by Crippen LogP contribution is 2.33. The molecule has 0 atom stereocenters. The zero-order valence-corrected chi connectivity index (χ0v) is 19.2. The minimum absolute atomic E-state index is 0.229. The van der Waals surface area contributed by atoms with Gasteiger partial charge in [0.2, 0.25) is 6.79 Å². The number of benzene rings is 4. The largest absolute Gasteiger partial charge is 0.488 e. The highest BCUT2D eigenvalue weighted by Gasteiger charge is 2.14. The summed E-state index contributed by atoms with van der Waals surface area (Å²) in [4.78, 5) is 18.1. The molecule has 0 bridgehead atoms. The molecule has 1 aliphatic heterocycles. The summed E-state index contributed by atoms with van der Waals surface area (Å²) < 4.78 is 18.3. The van der Waals surface area contributed by atoms with Crippen LogP contribution in [0.25, 0.3) is 22.3 Å². The fraction of sp³-hybridized carbons (Fsp3) is 0.0690. The van der Waals surface area contributed by atoms with Crippen molar-refractivity contribution in [3.8, 4) is 28.6 Å².